The Morgan fingerprint density at radius 3 is 2.50 bits per heavy atom. The lowest BCUT2D eigenvalue weighted by Crippen LogP contribution is -3.15. The molecule has 0 aliphatic carbocycles. The molecule has 0 saturated carbocycles. The molecule has 1 saturated heterocycles. The molecule has 0 spiro atoms. The molecule has 1 atom stereocenters. The molecular formula is C23H30N3O3S+. The molecule has 0 bridgehead atoms. The molecule has 2 aliphatic heterocycles. The lowest BCUT2D eigenvalue weighted by atomic mass is 10.1. The third-order valence-electron chi connectivity index (χ3n) is 6.25. The molecule has 2 heterocycles. The van der Waals surface area contributed by atoms with E-state index in [1.165, 1.54) is 5.56 Å². The number of hydrogen-bond donors (Lipinski definition) is 1. The zero-order valence-corrected chi connectivity index (χ0v) is 18.7. The van der Waals surface area contributed by atoms with Crippen molar-refractivity contribution in [2.75, 3.05) is 37.6 Å². The van der Waals surface area contributed by atoms with Crippen LogP contribution in [0.3, 0.4) is 0 Å². The maximum Gasteiger partial charge on any atom is 0.282 e. The van der Waals surface area contributed by atoms with Gasteiger partial charge < -0.3 is 9.80 Å². The average Bonchev–Trinajstić information content (AvgIpc) is 3.04. The minimum absolute atomic E-state index is 0.119. The molecule has 4 rings (SSSR count). The van der Waals surface area contributed by atoms with Crippen LogP contribution in [-0.4, -0.2) is 57.4 Å². The number of para-hydroxylation sites is 1. The summed E-state index contributed by atoms with van der Waals surface area (Å²) in [5.74, 6) is 0.119. The van der Waals surface area contributed by atoms with Crippen molar-refractivity contribution in [3.8, 4) is 0 Å². The molecule has 2 aliphatic rings. The number of hydrogen-bond acceptors (Lipinski definition) is 3. The third-order valence-corrected chi connectivity index (χ3v) is 8.31. The van der Waals surface area contributed by atoms with E-state index in [9.17, 15) is 13.2 Å². The maximum absolute atomic E-state index is 13.1. The summed E-state index contributed by atoms with van der Waals surface area (Å²) in [5.41, 5.74) is 4.07. The molecule has 160 valence electrons. The largest absolute Gasteiger partial charge is 0.325 e. The maximum atomic E-state index is 13.1. The van der Waals surface area contributed by atoms with Gasteiger partial charge >= 0.3 is 0 Å². The fraction of sp³-hybridized carbons (Fsp3) is 0.435. The summed E-state index contributed by atoms with van der Waals surface area (Å²) in [7, 11) is -3.50. The summed E-state index contributed by atoms with van der Waals surface area (Å²) < 4.78 is 27.7. The number of fused-ring (bicyclic) bond motifs is 1. The van der Waals surface area contributed by atoms with Gasteiger partial charge in [-0.05, 0) is 50.5 Å². The predicted molar refractivity (Wildman–Crippen MR) is 117 cm³/mol. The normalized spacial score (nSPS) is 20.4. The zero-order valence-electron chi connectivity index (χ0n) is 17.9. The smallest absolute Gasteiger partial charge is 0.282 e. The highest BCUT2D eigenvalue weighted by atomic mass is 32.2. The summed E-state index contributed by atoms with van der Waals surface area (Å²) >= 11 is 0. The van der Waals surface area contributed by atoms with Crippen LogP contribution in [0, 0.1) is 13.8 Å². The molecule has 0 radical (unpaired) electrons. The number of aryl methyl sites for hydroxylation is 2. The first-order valence-corrected chi connectivity index (χ1v) is 12.0. The van der Waals surface area contributed by atoms with E-state index in [0.29, 0.717) is 37.6 Å². The van der Waals surface area contributed by atoms with Gasteiger partial charge in [-0.3, -0.25) is 4.79 Å². The second-order valence-electron chi connectivity index (χ2n) is 8.55. The van der Waals surface area contributed by atoms with Gasteiger partial charge in [-0.15, -0.1) is 0 Å². The summed E-state index contributed by atoms with van der Waals surface area (Å²) in [6, 6.07) is 13.7. The van der Waals surface area contributed by atoms with Crippen LogP contribution in [0.4, 0.5) is 5.69 Å². The Morgan fingerprint density at radius 1 is 1.10 bits per heavy atom. The van der Waals surface area contributed by atoms with Crippen LogP contribution in [0.1, 0.15) is 23.6 Å². The van der Waals surface area contributed by atoms with E-state index in [-0.39, 0.29) is 11.9 Å². The van der Waals surface area contributed by atoms with E-state index in [2.05, 4.69) is 13.0 Å². The van der Waals surface area contributed by atoms with E-state index < -0.39 is 10.0 Å². The van der Waals surface area contributed by atoms with Crippen LogP contribution in [0.15, 0.2) is 47.4 Å². The molecule has 6 nitrogen and oxygen atoms in total. The number of carbonyl (C=O) groups excluding carboxylic acids is 1. The second-order valence-corrected chi connectivity index (χ2v) is 10.5. The van der Waals surface area contributed by atoms with Gasteiger partial charge in [0.05, 0.1) is 31.1 Å². The predicted octanol–water partition coefficient (Wildman–Crippen LogP) is 1.17. The fourth-order valence-electron chi connectivity index (χ4n) is 4.69. The number of rotatable bonds is 4. The van der Waals surface area contributed by atoms with Crippen molar-refractivity contribution in [1.82, 2.24) is 4.31 Å². The Kier molecular flexibility index (Phi) is 5.70. The zero-order chi connectivity index (χ0) is 21.5. The van der Waals surface area contributed by atoms with Crippen molar-refractivity contribution in [2.45, 2.75) is 38.1 Å². The van der Waals surface area contributed by atoms with Crippen LogP contribution >= 0.6 is 0 Å². The Balaban J connectivity index is 1.40. The fourth-order valence-corrected chi connectivity index (χ4v) is 6.34. The van der Waals surface area contributed by atoms with Crippen LogP contribution in [0.2, 0.25) is 0 Å². The highest BCUT2D eigenvalue weighted by Gasteiger charge is 2.35. The van der Waals surface area contributed by atoms with Gasteiger partial charge in [0.2, 0.25) is 10.0 Å². The third kappa shape index (κ3) is 3.89. The highest BCUT2D eigenvalue weighted by Crippen LogP contribution is 2.31. The minimum Gasteiger partial charge on any atom is -0.325 e. The molecule has 2 aromatic carbocycles. The van der Waals surface area contributed by atoms with Gasteiger partial charge in [0.1, 0.15) is 0 Å². The lowest BCUT2D eigenvalue weighted by Gasteiger charge is -2.33. The van der Waals surface area contributed by atoms with Crippen LogP contribution in [0.5, 0.6) is 0 Å². The molecule has 0 aromatic heterocycles. The highest BCUT2D eigenvalue weighted by molar-refractivity contribution is 7.89. The van der Waals surface area contributed by atoms with Crippen molar-refractivity contribution in [3.05, 3.63) is 59.2 Å². The van der Waals surface area contributed by atoms with Gasteiger partial charge in [0.25, 0.3) is 5.91 Å². The molecule has 7 heteroatoms. The van der Waals surface area contributed by atoms with E-state index >= 15 is 0 Å². The second kappa shape index (κ2) is 8.13. The number of carbonyl (C=O) groups is 1. The number of piperazine rings is 1. The molecule has 2 aromatic rings. The van der Waals surface area contributed by atoms with Crippen molar-refractivity contribution < 1.29 is 18.1 Å². The number of benzene rings is 2. The van der Waals surface area contributed by atoms with Gasteiger partial charge in [-0.25, -0.2) is 8.42 Å². The first-order chi connectivity index (χ1) is 14.3. The number of anilines is 1. The monoisotopic (exact) mass is 428 g/mol. The molecular weight excluding hydrogens is 398 g/mol. The van der Waals surface area contributed by atoms with E-state index in [4.69, 9.17) is 0 Å². The average molecular weight is 429 g/mol. The van der Waals surface area contributed by atoms with Gasteiger partial charge in [-0.1, -0.05) is 35.9 Å². The van der Waals surface area contributed by atoms with Crippen molar-refractivity contribution in [3.63, 3.8) is 0 Å². The van der Waals surface area contributed by atoms with Crippen LogP contribution in [0.25, 0.3) is 0 Å². The Labute approximate surface area is 179 Å². The minimum atomic E-state index is -3.50. The van der Waals surface area contributed by atoms with Crippen molar-refractivity contribution in [2.24, 2.45) is 0 Å². The van der Waals surface area contributed by atoms with Crippen molar-refractivity contribution >= 4 is 21.6 Å². The molecule has 1 fully saturated rings. The molecule has 1 N–H and O–H groups in total. The standard InChI is InChI=1S/C23H29N3O3S/c1-17-8-9-22(18(2)14-17)30(28,29)25-12-10-24(11-13-25)16-23(27)26-19(3)15-20-6-4-5-7-21(20)26/h4-9,14,19H,10-13,15-16H2,1-3H3/p+1/t19-/m0/s1. The van der Waals surface area contributed by atoms with E-state index in [1.54, 1.807) is 10.4 Å². The molecule has 30 heavy (non-hydrogen) atoms. The Hall–Kier alpha value is -2.22. The molecule has 0 unspecified atom stereocenters. The van der Waals surface area contributed by atoms with Crippen LogP contribution in [-0.2, 0) is 21.2 Å². The first-order valence-electron chi connectivity index (χ1n) is 10.6. The van der Waals surface area contributed by atoms with Crippen molar-refractivity contribution in [1.29, 1.82) is 0 Å². The summed E-state index contributed by atoms with van der Waals surface area (Å²) in [6.07, 6.45) is 0.888. The van der Waals surface area contributed by atoms with E-state index in [0.717, 1.165) is 28.1 Å². The van der Waals surface area contributed by atoms with Crippen LogP contribution < -0.4 is 9.80 Å². The number of nitrogens with zero attached hydrogens (tertiary/aromatic N) is 2. The Morgan fingerprint density at radius 2 is 1.80 bits per heavy atom. The quantitative estimate of drug-likeness (QED) is 0.795. The van der Waals surface area contributed by atoms with Gasteiger partial charge in [0.15, 0.2) is 6.54 Å². The lowest BCUT2D eigenvalue weighted by molar-refractivity contribution is -0.895. The SMILES string of the molecule is Cc1ccc(S(=O)(=O)N2CC[NH+](CC(=O)N3c4ccccc4C[C@@H]3C)CC2)c(C)c1. The number of sulfonamides is 1. The number of quaternary nitrogens is 1. The Bertz CT molecular complexity index is 1060. The number of nitrogens with one attached hydrogen (secondary N) is 1. The van der Waals surface area contributed by atoms with Gasteiger partial charge in [-0.2, -0.15) is 4.31 Å². The first kappa shape index (κ1) is 21.0. The number of amides is 1. The topological polar surface area (TPSA) is 62.1 Å². The molecule has 1 amide bonds. The van der Waals surface area contributed by atoms with E-state index in [1.807, 2.05) is 49.1 Å². The summed E-state index contributed by atoms with van der Waals surface area (Å²) in [5, 5.41) is 0. The summed E-state index contributed by atoms with van der Waals surface area (Å²) in [4.78, 5) is 16.5. The van der Waals surface area contributed by atoms with Gasteiger partial charge in [0, 0.05) is 11.7 Å². The summed E-state index contributed by atoms with van der Waals surface area (Å²) in [6.45, 7) is 8.43.